The third-order valence-corrected chi connectivity index (χ3v) is 5.91. The summed E-state index contributed by atoms with van der Waals surface area (Å²) in [6.45, 7) is 5.57. The molecule has 0 saturated carbocycles. The Morgan fingerprint density at radius 2 is 1.95 bits per heavy atom. The fourth-order valence-corrected chi connectivity index (χ4v) is 4.28. The minimum atomic E-state index is -3.71. The highest BCUT2D eigenvalue weighted by Gasteiger charge is 2.51. The van der Waals surface area contributed by atoms with Crippen LogP contribution in [0.5, 0.6) is 0 Å². The Labute approximate surface area is 125 Å². The zero-order chi connectivity index (χ0) is 15.7. The molecule has 0 radical (unpaired) electrons. The molecule has 0 bridgehead atoms. The zero-order valence-corrected chi connectivity index (χ0v) is 13.1. The molecule has 0 saturated heterocycles. The average Bonchev–Trinajstić information content (AvgIpc) is 2.43. The number of hydrogen-bond acceptors (Lipinski definition) is 4. The highest BCUT2D eigenvalue weighted by Crippen LogP contribution is 2.44. The summed E-state index contributed by atoms with van der Waals surface area (Å²) in [7, 11) is -3.71. The number of nitriles is 1. The van der Waals surface area contributed by atoms with Crippen LogP contribution >= 0.6 is 0 Å². The monoisotopic (exact) mass is 302 g/mol. The topological polar surface area (TPSA) is 70.0 Å². The molecule has 1 aliphatic heterocycles. The number of nitrogens with one attached hydrogen (secondary N) is 1. The van der Waals surface area contributed by atoms with E-state index in [1.54, 1.807) is 12.1 Å². The number of anilines is 1. The number of benzene rings is 1. The van der Waals surface area contributed by atoms with Crippen LogP contribution in [-0.4, -0.2) is 13.3 Å². The van der Waals surface area contributed by atoms with Crippen molar-refractivity contribution < 1.29 is 8.42 Å². The maximum Gasteiger partial charge on any atom is 0.200 e. The molecule has 0 aliphatic carbocycles. The van der Waals surface area contributed by atoms with Gasteiger partial charge >= 0.3 is 0 Å². The number of para-hydroxylation sites is 1. The van der Waals surface area contributed by atoms with E-state index in [2.05, 4.69) is 5.32 Å². The van der Waals surface area contributed by atoms with Gasteiger partial charge < -0.3 is 5.32 Å². The van der Waals surface area contributed by atoms with E-state index in [-0.39, 0.29) is 0 Å². The number of rotatable bonds is 2. The van der Waals surface area contributed by atoms with E-state index in [0.29, 0.717) is 0 Å². The summed E-state index contributed by atoms with van der Waals surface area (Å²) < 4.78 is 25.5. The molecule has 110 valence electrons. The zero-order valence-electron chi connectivity index (χ0n) is 12.3. The first-order valence-corrected chi connectivity index (χ1v) is 8.15. The van der Waals surface area contributed by atoms with Crippen LogP contribution in [0.25, 0.3) is 6.08 Å². The van der Waals surface area contributed by atoms with E-state index < -0.39 is 20.1 Å². The summed E-state index contributed by atoms with van der Waals surface area (Å²) in [6.07, 6.45) is 4.49. The Kier molecular flexibility index (Phi) is 3.68. The van der Waals surface area contributed by atoms with Crippen molar-refractivity contribution in [3.8, 4) is 6.07 Å². The molecule has 0 amide bonds. The molecule has 2 rings (SSSR count). The third kappa shape index (κ3) is 2.47. The lowest BCUT2D eigenvalue weighted by Gasteiger charge is -2.44. The van der Waals surface area contributed by atoms with Gasteiger partial charge in [-0.3, -0.25) is 0 Å². The highest BCUT2D eigenvalue weighted by molar-refractivity contribution is 7.96. The molecular formula is C16H18N2O2S. The second kappa shape index (κ2) is 5.05. The standard InChI is InChI=1S/C16H18N2O2S/c1-15(2,3)16(21(19,20)12-6-11-17)10-9-13-7-4-5-8-14(13)18-16/h4-10,12,18H,1-3H3/b12-6+. The van der Waals surface area contributed by atoms with Gasteiger partial charge in [-0.15, -0.1) is 0 Å². The molecule has 1 atom stereocenters. The molecule has 0 fully saturated rings. The molecule has 0 aromatic heterocycles. The summed E-state index contributed by atoms with van der Waals surface area (Å²) in [5.74, 6) is 0. The summed E-state index contributed by atoms with van der Waals surface area (Å²) >= 11 is 0. The average molecular weight is 302 g/mol. The van der Waals surface area contributed by atoms with E-state index in [4.69, 9.17) is 5.26 Å². The normalized spacial score (nSPS) is 21.6. The number of hydrogen-bond donors (Lipinski definition) is 1. The Morgan fingerprint density at radius 3 is 2.57 bits per heavy atom. The third-order valence-electron chi connectivity index (χ3n) is 3.66. The summed E-state index contributed by atoms with van der Waals surface area (Å²) in [4.78, 5) is -1.29. The fraction of sp³-hybridized carbons (Fsp3) is 0.312. The van der Waals surface area contributed by atoms with E-state index >= 15 is 0 Å². The lowest BCUT2D eigenvalue weighted by Crippen LogP contribution is -2.54. The van der Waals surface area contributed by atoms with Crippen LogP contribution < -0.4 is 5.32 Å². The van der Waals surface area contributed by atoms with Crippen molar-refractivity contribution in [2.75, 3.05) is 5.32 Å². The van der Waals surface area contributed by atoms with Crippen molar-refractivity contribution in [1.82, 2.24) is 0 Å². The maximum atomic E-state index is 12.8. The van der Waals surface area contributed by atoms with Crippen LogP contribution in [0.4, 0.5) is 5.69 Å². The van der Waals surface area contributed by atoms with Gasteiger partial charge in [0.2, 0.25) is 0 Å². The quantitative estimate of drug-likeness (QED) is 0.851. The minimum absolute atomic E-state index is 0.602. The predicted molar refractivity (Wildman–Crippen MR) is 85.0 cm³/mol. The Bertz CT molecular complexity index is 749. The van der Waals surface area contributed by atoms with Crippen LogP contribution in [-0.2, 0) is 9.84 Å². The van der Waals surface area contributed by atoms with Crippen molar-refractivity contribution in [2.24, 2.45) is 5.41 Å². The van der Waals surface area contributed by atoms with Crippen molar-refractivity contribution in [3.05, 3.63) is 47.4 Å². The second-order valence-electron chi connectivity index (χ2n) is 6.01. The molecule has 1 aliphatic rings. The molecule has 1 aromatic carbocycles. The van der Waals surface area contributed by atoms with Gasteiger partial charge in [-0.25, -0.2) is 8.42 Å². The van der Waals surface area contributed by atoms with Crippen LogP contribution in [0.3, 0.4) is 0 Å². The number of nitrogens with zero attached hydrogens (tertiary/aromatic N) is 1. The fourth-order valence-electron chi connectivity index (χ4n) is 2.46. The molecule has 1 heterocycles. The summed E-state index contributed by atoms with van der Waals surface area (Å²) in [5.41, 5.74) is 1.11. The number of allylic oxidation sites excluding steroid dienone is 1. The Hall–Kier alpha value is -2.06. The maximum absolute atomic E-state index is 12.8. The van der Waals surface area contributed by atoms with Gasteiger partial charge in [0.25, 0.3) is 0 Å². The van der Waals surface area contributed by atoms with Crippen molar-refractivity contribution in [3.63, 3.8) is 0 Å². The second-order valence-corrected chi connectivity index (χ2v) is 8.01. The van der Waals surface area contributed by atoms with Crippen molar-refractivity contribution >= 4 is 21.6 Å². The first kappa shape index (κ1) is 15.3. The van der Waals surface area contributed by atoms with Crippen LogP contribution in [0.15, 0.2) is 41.8 Å². The van der Waals surface area contributed by atoms with Gasteiger partial charge in [-0.2, -0.15) is 5.26 Å². The van der Waals surface area contributed by atoms with Crippen LogP contribution in [0.1, 0.15) is 26.3 Å². The van der Waals surface area contributed by atoms with Crippen LogP contribution in [0.2, 0.25) is 0 Å². The van der Waals surface area contributed by atoms with E-state index in [1.165, 1.54) is 0 Å². The smallest absolute Gasteiger partial charge is 0.200 e. The molecule has 0 spiro atoms. The van der Waals surface area contributed by atoms with Gasteiger partial charge in [-0.1, -0.05) is 45.0 Å². The van der Waals surface area contributed by atoms with Crippen molar-refractivity contribution in [1.29, 1.82) is 5.26 Å². The number of fused-ring (bicyclic) bond motifs is 1. The van der Waals surface area contributed by atoms with Crippen molar-refractivity contribution in [2.45, 2.75) is 25.6 Å². The molecule has 4 nitrogen and oxygen atoms in total. The van der Waals surface area contributed by atoms with Gasteiger partial charge in [-0.05, 0) is 17.7 Å². The molecule has 1 N–H and O–H groups in total. The van der Waals surface area contributed by atoms with E-state index in [9.17, 15) is 8.42 Å². The summed E-state index contributed by atoms with van der Waals surface area (Å²) in [6, 6.07) is 9.27. The molecule has 21 heavy (non-hydrogen) atoms. The van der Waals surface area contributed by atoms with Gasteiger partial charge in [0.15, 0.2) is 14.7 Å². The van der Waals surface area contributed by atoms with Gasteiger partial charge in [0, 0.05) is 22.6 Å². The summed E-state index contributed by atoms with van der Waals surface area (Å²) in [5, 5.41) is 12.8. The van der Waals surface area contributed by atoms with E-state index in [1.807, 2.05) is 51.1 Å². The molecule has 5 heteroatoms. The minimum Gasteiger partial charge on any atom is -0.362 e. The van der Waals surface area contributed by atoms with Gasteiger partial charge in [0.1, 0.15) is 0 Å². The lowest BCUT2D eigenvalue weighted by molar-refractivity contribution is 0.339. The highest BCUT2D eigenvalue weighted by atomic mass is 32.2. The molecule has 1 aromatic rings. The Morgan fingerprint density at radius 1 is 1.29 bits per heavy atom. The first-order valence-electron chi connectivity index (χ1n) is 6.61. The Balaban J connectivity index is 2.65. The SMILES string of the molecule is CC(C)(C)C1(S(=O)(=O)/C=C/C#N)C=Cc2ccccc2N1. The van der Waals surface area contributed by atoms with E-state index in [0.717, 1.165) is 22.7 Å². The largest absolute Gasteiger partial charge is 0.362 e. The lowest BCUT2D eigenvalue weighted by atomic mass is 9.83. The molecular weight excluding hydrogens is 284 g/mol. The molecule has 1 unspecified atom stereocenters. The van der Waals surface area contributed by atoms with Crippen LogP contribution in [0, 0.1) is 16.7 Å². The number of sulfone groups is 1. The first-order chi connectivity index (χ1) is 9.73. The van der Waals surface area contributed by atoms with Gasteiger partial charge in [0.05, 0.1) is 6.07 Å². The predicted octanol–water partition coefficient (Wildman–Crippen LogP) is 3.32.